The van der Waals surface area contributed by atoms with E-state index in [1.54, 1.807) is 24.5 Å². The van der Waals surface area contributed by atoms with Gasteiger partial charge in [0.15, 0.2) is 11.3 Å². The predicted molar refractivity (Wildman–Crippen MR) is 113 cm³/mol. The third kappa shape index (κ3) is 2.79. The van der Waals surface area contributed by atoms with Crippen molar-refractivity contribution in [2.24, 2.45) is 5.92 Å². The van der Waals surface area contributed by atoms with E-state index in [0.29, 0.717) is 17.5 Å². The largest absolute Gasteiger partial charge is 0.292 e. The Morgan fingerprint density at radius 3 is 2.62 bits per heavy atom. The monoisotopic (exact) mass is 408 g/mol. The van der Waals surface area contributed by atoms with Crippen molar-refractivity contribution in [1.82, 2.24) is 18.3 Å². The van der Waals surface area contributed by atoms with E-state index >= 15 is 0 Å². The third-order valence-electron chi connectivity index (χ3n) is 6.31. The van der Waals surface area contributed by atoms with E-state index in [4.69, 9.17) is 0 Å². The Labute approximate surface area is 170 Å². The average molecular weight is 409 g/mol. The molecule has 5 rings (SSSR count). The highest BCUT2D eigenvalue weighted by Gasteiger charge is 2.30. The van der Waals surface area contributed by atoms with Gasteiger partial charge in [0.05, 0.1) is 16.6 Å². The Kier molecular flexibility index (Phi) is 4.24. The molecule has 3 aromatic heterocycles. The summed E-state index contributed by atoms with van der Waals surface area (Å²) in [5.41, 5.74) is 4.17. The molecule has 1 aromatic carbocycles. The number of hydrogen-bond donors (Lipinski definition) is 0. The van der Waals surface area contributed by atoms with Gasteiger partial charge < -0.3 is 0 Å². The fourth-order valence-electron chi connectivity index (χ4n) is 4.74. The maximum atomic E-state index is 13.2. The molecule has 1 aliphatic rings. The lowest BCUT2D eigenvalue weighted by Gasteiger charge is -2.18. The summed E-state index contributed by atoms with van der Waals surface area (Å²) in [6.45, 7) is 4.18. The fraction of sp³-hybridized carbons (Fsp3) is 0.364. The first kappa shape index (κ1) is 18.4. The molecule has 0 radical (unpaired) electrons. The molecule has 6 nitrogen and oxygen atoms in total. The first-order chi connectivity index (χ1) is 14.0. The molecule has 1 unspecified atom stereocenters. The molecule has 4 aromatic rings. The average Bonchev–Trinajstić information content (AvgIpc) is 3.44. The zero-order valence-electron chi connectivity index (χ0n) is 16.6. The number of aromatic nitrogens is 4. The van der Waals surface area contributed by atoms with Crippen LogP contribution in [0.2, 0.25) is 0 Å². The van der Waals surface area contributed by atoms with E-state index in [9.17, 15) is 8.42 Å². The summed E-state index contributed by atoms with van der Waals surface area (Å²) < 4.78 is 29.8. The fourth-order valence-corrected chi connectivity index (χ4v) is 6.04. The van der Waals surface area contributed by atoms with Gasteiger partial charge in [-0.15, -0.1) is 0 Å². The normalized spacial score (nSPS) is 20.1. The molecule has 29 heavy (non-hydrogen) atoms. The van der Waals surface area contributed by atoms with Crippen molar-refractivity contribution in [2.75, 3.05) is 0 Å². The van der Waals surface area contributed by atoms with Gasteiger partial charge in [0.25, 0.3) is 10.0 Å². The summed E-state index contributed by atoms with van der Waals surface area (Å²) in [6.07, 6.45) is 9.98. The minimum absolute atomic E-state index is 0.259. The number of benzene rings is 1. The molecule has 1 saturated carbocycles. The first-order valence-corrected chi connectivity index (χ1v) is 11.6. The Hall–Kier alpha value is -2.67. The number of hydrogen-bond acceptors (Lipinski definition) is 4. The van der Waals surface area contributed by atoms with Crippen molar-refractivity contribution in [3.63, 3.8) is 0 Å². The highest BCUT2D eigenvalue weighted by molar-refractivity contribution is 7.90. The molecule has 0 aliphatic heterocycles. The zero-order valence-corrected chi connectivity index (χ0v) is 17.4. The van der Waals surface area contributed by atoms with Gasteiger partial charge in [0, 0.05) is 24.0 Å². The molecule has 0 saturated heterocycles. The van der Waals surface area contributed by atoms with Crippen LogP contribution in [0.1, 0.15) is 49.8 Å². The van der Waals surface area contributed by atoms with Crippen molar-refractivity contribution in [1.29, 1.82) is 0 Å². The summed E-state index contributed by atoms with van der Waals surface area (Å²) in [6, 6.07) is 8.73. The number of aryl methyl sites for hydroxylation is 1. The maximum absolute atomic E-state index is 13.2. The molecule has 0 amide bonds. The van der Waals surface area contributed by atoms with E-state index in [1.807, 2.05) is 31.3 Å². The Morgan fingerprint density at radius 2 is 1.86 bits per heavy atom. The number of imidazole rings is 1. The molecule has 0 spiro atoms. The minimum atomic E-state index is -3.72. The van der Waals surface area contributed by atoms with Crippen LogP contribution >= 0.6 is 0 Å². The number of nitrogens with zero attached hydrogens (tertiary/aromatic N) is 4. The molecule has 0 bridgehead atoms. The molecule has 3 heterocycles. The van der Waals surface area contributed by atoms with Crippen LogP contribution in [0.5, 0.6) is 0 Å². The molecule has 0 N–H and O–H groups in total. The molecule has 7 heteroatoms. The molecule has 2 atom stereocenters. The minimum Gasteiger partial charge on any atom is -0.292 e. The van der Waals surface area contributed by atoms with Gasteiger partial charge in [0.2, 0.25) is 0 Å². The van der Waals surface area contributed by atoms with Gasteiger partial charge in [-0.2, -0.15) is 0 Å². The smallest absolute Gasteiger partial charge is 0.269 e. The third-order valence-corrected chi connectivity index (χ3v) is 7.99. The molecule has 150 valence electrons. The van der Waals surface area contributed by atoms with Crippen LogP contribution in [0.3, 0.4) is 0 Å². The quantitative estimate of drug-likeness (QED) is 0.498. The van der Waals surface area contributed by atoms with Crippen LogP contribution in [0.15, 0.2) is 53.8 Å². The van der Waals surface area contributed by atoms with Gasteiger partial charge in [-0.25, -0.2) is 22.4 Å². The Bertz CT molecular complexity index is 1300. The van der Waals surface area contributed by atoms with Crippen LogP contribution < -0.4 is 0 Å². The van der Waals surface area contributed by atoms with Crippen molar-refractivity contribution in [2.45, 2.75) is 50.3 Å². The van der Waals surface area contributed by atoms with Crippen molar-refractivity contribution < 1.29 is 8.42 Å². The Morgan fingerprint density at radius 1 is 1.07 bits per heavy atom. The standard InChI is InChI=1S/C22H24N4O2S/c1-3-16-5-4-6-18(16)20-13-23-21-14-24-22-19(26(20)21)11-12-25(22)29(27,28)17-9-7-15(2)8-10-17/h7-14,16,18H,3-6H2,1-2H3/t16-,18?/m1/s1. The van der Waals surface area contributed by atoms with Gasteiger partial charge >= 0.3 is 0 Å². The van der Waals surface area contributed by atoms with Crippen molar-refractivity contribution in [3.8, 4) is 0 Å². The van der Waals surface area contributed by atoms with E-state index in [-0.39, 0.29) is 4.90 Å². The molecular weight excluding hydrogens is 384 g/mol. The lowest BCUT2D eigenvalue weighted by atomic mass is 9.91. The summed E-state index contributed by atoms with van der Waals surface area (Å²) in [5, 5.41) is 0. The molecular formula is C22H24N4O2S. The van der Waals surface area contributed by atoms with Gasteiger partial charge in [-0.05, 0) is 43.9 Å². The highest BCUT2D eigenvalue weighted by atomic mass is 32.2. The van der Waals surface area contributed by atoms with E-state index in [2.05, 4.69) is 21.3 Å². The number of fused-ring (bicyclic) bond motifs is 3. The predicted octanol–water partition coefficient (Wildman–Crippen LogP) is 4.52. The van der Waals surface area contributed by atoms with Crippen LogP contribution in [0, 0.1) is 12.8 Å². The number of rotatable bonds is 4. The van der Waals surface area contributed by atoms with E-state index in [0.717, 1.165) is 29.6 Å². The SMILES string of the molecule is CC[C@@H]1CCCC1c1cnc2cnc3c(ccn3S(=O)(=O)c3ccc(C)cc3)n12. The molecule has 1 aliphatic carbocycles. The highest BCUT2D eigenvalue weighted by Crippen LogP contribution is 2.42. The topological polar surface area (TPSA) is 69.3 Å². The van der Waals surface area contributed by atoms with E-state index in [1.165, 1.54) is 22.5 Å². The van der Waals surface area contributed by atoms with Gasteiger partial charge in [-0.1, -0.05) is 37.5 Å². The van der Waals surface area contributed by atoms with E-state index < -0.39 is 10.0 Å². The van der Waals surface area contributed by atoms with Crippen LogP contribution in [-0.2, 0) is 10.0 Å². The van der Waals surface area contributed by atoms with Crippen LogP contribution in [0.25, 0.3) is 16.8 Å². The second-order valence-electron chi connectivity index (χ2n) is 7.98. The summed E-state index contributed by atoms with van der Waals surface area (Å²) in [7, 11) is -3.72. The van der Waals surface area contributed by atoms with Crippen molar-refractivity contribution >= 4 is 26.8 Å². The summed E-state index contributed by atoms with van der Waals surface area (Å²) in [4.78, 5) is 9.28. The summed E-state index contributed by atoms with van der Waals surface area (Å²) in [5.74, 6) is 1.11. The summed E-state index contributed by atoms with van der Waals surface area (Å²) >= 11 is 0. The zero-order chi connectivity index (χ0) is 20.2. The molecule has 1 fully saturated rings. The van der Waals surface area contributed by atoms with Crippen LogP contribution in [0.4, 0.5) is 0 Å². The van der Waals surface area contributed by atoms with Gasteiger partial charge in [-0.3, -0.25) is 4.40 Å². The van der Waals surface area contributed by atoms with Crippen LogP contribution in [-0.4, -0.2) is 26.8 Å². The second-order valence-corrected chi connectivity index (χ2v) is 9.79. The second kappa shape index (κ2) is 6.69. The lowest BCUT2D eigenvalue weighted by molar-refractivity contribution is 0.461. The first-order valence-electron chi connectivity index (χ1n) is 10.2. The van der Waals surface area contributed by atoms with Crippen molar-refractivity contribution in [3.05, 3.63) is 60.2 Å². The lowest BCUT2D eigenvalue weighted by Crippen LogP contribution is -2.13. The maximum Gasteiger partial charge on any atom is 0.269 e. The van der Waals surface area contributed by atoms with Gasteiger partial charge in [0.1, 0.15) is 0 Å². The Balaban J connectivity index is 1.70.